The lowest BCUT2D eigenvalue weighted by Gasteiger charge is -2.07. The van der Waals surface area contributed by atoms with E-state index in [1.165, 1.54) is 34.0 Å². The number of halogens is 3. The van der Waals surface area contributed by atoms with Gasteiger partial charge in [0.25, 0.3) is 0 Å². The third-order valence-corrected chi connectivity index (χ3v) is 3.73. The first kappa shape index (κ1) is 13.0. The third kappa shape index (κ3) is 4.19. The van der Waals surface area contributed by atoms with E-state index in [-0.39, 0.29) is 3.74 Å². The lowest BCUT2D eigenvalue weighted by atomic mass is 10.1. The zero-order valence-corrected chi connectivity index (χ0v) is 13.4. The van der Waals surface area contributed by atoms with Crippen LogP contribution in [0.2, 0.25) is 0 Å². The summed E-state index contributed by atoms with van der Waals surface area (Å²) < 4.78 is 1.58. The molecule has 0 amide bonds. The first-order chi connectivity index (χ1) is 6.63. The van der Waals surface area contributed by atoms with Crippen molar-refractivity contribution in [1.82, 2.24) is 0 Å². The van der Waals surface area contributed by atoms with Crippen molar-refractivity contribution in [2.45, 2.75) is 29.9 Å². The van der Waals surface area contributed by atoms with Gasteiger partial charge in [-0.3, -0.25) is 0 Å². The second kappa shape index (κ2) is 6.48. The van der Waals surface area contributed by atoms with Crippen LogP contribution in [0.1, 0.15) is 34.6 Å². The summed E-state index contributed by atoms with van der Waals surface area (Å²) in [5.74, 6) is 0. The topological polar surface area (TPSA) is 0 Å². The highest BCUT2D eigenvalue weighted by atomic mass is 127. The van der Waals surface area contributed by atoms with E-state index in [0.717, 1.165) is 0 Å². The minimum Gasteiger partial charge on any atom is -0.0712 e. The Morgan fingerprint density at radius 1 is 1.29 bits per heavy atom. The third-order valence-electron chi connectivity index (χ3n) is 2.05. The SMILES string of the molecule is CCCCc1cc(I)cc(C(Br)Br)c1. The van der Waals surface area contributed by atoms with Crippen LogP contribution >= 0.6 is 54.5 Å². The Labute approximate surface area is 116 Å². The van der Waals surface area contributed by atoms with E-state index in [4.69, 9.17) is 0 Å². The smallest absolute Gasteiger partial charge is 0.0712 e. The van der Waals surface area contributed by atoms with Crippen LogP contribution in [0.25, 0.3) is 0 Å². The highest BCUT2D eigenvalue weighted by Gasteiger charge is 2.05. The van der Waals surface area contributed by atoms with E-state index < -0.39 is 0 Å². The minimum atomic E-state index is 0.269. The van der Waals surface area contributed by atoms with Crippen molar-refractivity contribution in [1.29, 1.82) is 0 Å². The van der Waals surface area contributed by atoms with E-state index in [1.54, 1.807) is 0 Å². The molecule has 0 radical (unpaired) electrons. The molecule has 14 heavy (non-hydrogen) atoms. The maximum atomic E-state index is 3.53. The molecule has 0 atom stereocenters. The molecule has 0 N–H and O–H groups in total. The van der Waals surface area contributed by atoms with Gasteiger partial charge in [0, 0.05) is 3.57 Å². The molecule has 0 fully saturated rings. The van der Waals surface area contributed by atoms with E-state index in [0.29, 0.717) is 0 Å². The van der Waals surface area contributed by atoms with Gasteiger partial charge in [0.1, 0.15) is 0 Å². The number of benzene rings is 1. The van der Waals surface area contributed by atoms with Crippen LogP contribution in [-0.4, -0.2) is 0 Å². The zero-order chi connectivity index (χ0) is 10.6. The quantitative estimate of drug-likeness (QED) is 0.441. The molecule has 1 aromatic rings. The van der Waals surface area contributed by atoms with Gasteiger partial charge in [-0.1, -0.05) is 51.3 Å². The fraction of sp³-hybridized carbons (Fsp3) is 0.455. The summed E-state index contributed by atoms with van der Waals surface area (Å²) in [6, 6.07) is 6.73. The molecule has 0 unspecified atom stereocenters. The van der Waals surface area contributed by atoms with Crippen LogP contribution in [0.3, 0.4) is 0 Å². The number of alkyl halides is 2. The summed E-state index contributed by atoms with van der Waals surface area (Å²) in [4.78, 5) is 0. The van der Waals surface area contributed by atoms with Crippen molar-refractivity contribution in [2.24, 2.45) is 0 Å². The Kier molecular flexibility index (Phi) is 6.01. The molecule has 0 bridgehead atoms. The molecule has 0 aliphatic rings. The normalized spacial score (nSPS) is 10.9. The summed E-state index contributed by atoms with van der Waals surface area (Å²) in [6.45, 7) is 2.23. The maximum absolute atomic E-state index is 3.53. The molecule has 0 heterocycles. The van der Waals surface area contributed by atoms with Gasteiger partial charge in [-0.15, -0.1) is 0 Å². The average molecular weight is 432 g/mol. The second-order valence-electron chi connectivity index (χ2n) is 3.30. The molecule has 1 rings (SSSR count). The second-order valence-corrected chi connectivity index (χ2v) is 7.60. The van der Waals surface area contributed by atoms with Crippen molar-refractivity contribution in [3.63, 3.8) is 0 Å². The van der Waals surface area contributed by atoms with Gasteiger partial charge in [-0.2, -0.15) is 0 Å². The zero-order valence-electron chi connectivity index (χ0n) is 8.06. The van der Waals surface area contributed by atoms with Crippen LogP contribution in [0.5, 0.6) is 0 Å². The van der Waals surface area contributed by atoms with Crippen LogP contribution in [0, 0.1) is 3.57 Å². The Balaban J connectivity index is 2.84. The van der Waals surface area contributed by atoms with Gasteiger partial charge in [-0.05, 0) is 58.7 Å². The lowest BCUT2D eigenvalue weighted by molar-refractivity contribution is 0.794. The van der Waals surface area contributed by atoms with E-state index in [2.05, 4.69) is 79.6 Å². The fourth-order valence-electron chi connectivity index (χ4n) is 1.33. The first-order valence-corrected chi connectivity index (χ1v) is 7.62. The largest absolute Gasteiger partial charge is 0.0946 e. The van der Waals surface area contributed by atoms with E-state index >= 15 is 0 Å². The fourth-order valence-corrected chi connectivity index (χ4v) is 2.61. The standard InChI is InChI=1S/C11H13Br2I/c1-2-3-4-8-5-9(11(12)13)7-10(14)6-8/h5-7,11H,2-4H2,1H3. The molecule has 0 nitrogen and oxygen atoms in total. The molecular formula is C11H13Br2I. The number of hydrogen-bond acceptors (Lipinski definition) is 0. The van der Waals surface area contributed by atoms with Gasteiger partial charge in [-0.25, -0.2) is 0 Å². The Morgan fingerprint density at radius 3 is 2.57 bits per heavy atom. The van der Waals surface area contributed by atoms with Crippen molar-refractivity contribution >= 4 is 54.5 Å². The summed E-state index contributed by atoms with van der Waals surface area (Å²) in [6.07, 6.45) is 3.72. The van der Waals surface area contributed by atoms with Crippen LogP contribution in [-0.2, 0) is 6.42 Å². The van der Waals surface area contributed by atoms with Gasteiger partial charge in [0.2, 0.25) is 0 Å². The van der Waals surface area contributed by atoms with Crippen molar-refractivity contribution in [3.05, 3.63) is 32.9 Å². The Hall–Kier alpha value is 0.910. The Morgan fingerprint density at radius 2 is 2.00 bits per heavy atom. The highest BCUT2D eigenvalue weighted by Crippen LogP contribution is 2.31. The molecule has 0 aromatic heterocycles. The molecule has 0 aliphatic heterocycles. The van der Waals surface area contributed by atoms with E-state index in [1.807, 2.05) is 0 Å². The molecule has 0 aliphatic carbocycles. The molecule has 3 heteroatoms. The van der Waals surface area contributed by atoms with Crippen molar-refractivity contribution in [3.8, 4) is 0 Å². The molecule has 0 saturated carbocycles. The van der Waals surface area contributed by atoms with Crippen LogP contribution in [0.15, 0.2) is 18.2 Å². The summed E-state index contributed by atoms with van der Waals surface area (Å²) in [7, 11) is 0. The first-order valence-electron chi connectivity index (χ1n) is 4.71. The molecule has 0 saturated heterocycles. The summed E-state index contributed by atoms with van der Waals surface area (Å²) in [5.41, 5.74) is 2.75. The molecular weight excluding hydrogens is 419 g/mol. The van der Waals surface area contributed by atoms with Gasteiger partial charge < -0.3 is 0 Å². The van der Waals surface area contributed by atoms with Crippen molar-refractivity contribution in [2.75, 3.05) is 0 Å². The summed E-state index contributed by atoms with van der Waals surface area (Å²) in [5, 5.41) is 0. The molecule has 0 spiro atoms. The maximum Gasteiger partial charge on any atom is 0.0946 e. The van der Waals surface area contributed by atoms with Crippen molar-refractivity contribution < 1.29 is 0 Å². The molecule has 1 aromatic carbocycles. The monoisotopic (exact) mass is 430 g/mol. The van der Waals surface area contributed by atoms with E-state index in [9.17, 15) is 0 Å². The molecule has 78 valence electrons. The van der Waals surface area contributed by atoms with Gasteiger partial charge in [0.05, 0.1) is 3.74 Å². The lowest BCUT2D eigenvalue weighted by Crippen LogP contribution is -1.90. The average Bonchev–Trinajstić information content (AvgIpc) is 2.14. The number of rotatable bonds is 4. The highest BCUT2D eigenvalue weighted by molar-refractivity contribution is 14.1. The predicted molar refractivity (Wildman–Crippen MR) is 78.4 cm³/mol. The van der Waals surface area contributed by atoms with Crippen LogP contribution < -0.4 is 0 Å². The van der Waals surface area contributed by atoms with Gasteiger partial charge >= 0.3 is 0 Å². The number of hydrogen-bond donors (Lipinski definition) is 0. The Bertz CT molecular complexity index is 297. The predicted octanol–water partition coefficient (Wildman–Crippen LogP) is 5.42. The van der Waals surface area contributed by atoms with Crippen LogP contribution in [0.4, 0.5) is 0 Å². The number of unbranched alkanes of at least 4 members (excludes halogenated alkanes) is 1. The minimum absolute atomic E-state index is 0.269. The summed E-state index contributed by atoms with van der Waals surface area (Å²) >= 11 is 9.44. The van der Waals surface area contributed by atoms with Gasteiger partial charge in [0.15, 0.2) is 0 Å². The number of aryl methyl sites for hydroxylation is 1.